The van der Waals surface area contributed by atoms with Crippen LogP contribution >= 0.6 is 0 Å². The molecular weight excluding hydrogens is 304 g/mol. The molecule has 0 saturated carbocycles. The van der Waals surface area contributed by atoms with Gasteiger partial charge in [-0.15, -0.1) is 0 Å². The molecular formula is C20H30O4. The largest absolute Gasteiger partial charge is 0.508 e. The van der Waals surface area contributed by atoms with E-state index in [1.807, 2.05) is 6.08 Å². The Kier molecular flexibility index (Phi) is 14.4. The summed E-state index contributed by atoms with van der Waals surface area (Å²) in [6.07, 6.45) is 20.9. The minimum absolute atomic E-state index is 0.123. The summed E-state index contributed by atoms with van der Waals surface area (Å²) >= 11 is 0. The van der Waals surface area contributed by atoms with Crippen LogP contribution < -0.4 is 0 Å². The van der Waals surface area contributed by atoms with Crippen molar-refractivity contribution >= 4 is 5.97 Å². The van der Waals surface area contributed by atoms with E-state index >= 15 is 0 Å². The molecule has 0 aliphatic carbocycles. The van der Waals surface area contributed by atoms with Crippen LogP contribution in [0.5, 0.6) is 0 Å². The maximum atomic E-state index is 10.2. The van der Waals surface area contributed by atoms with Gasteiger partial charge in [0.1, 0.15) is 5.76 Å². The molecule has 0 rings (SSSR count). The second-order valence-corrected chi connectivity index (χ2v) is 5.54. The number of aliphatic carboxylic acids is 1. The Morgan fingerprint density at radius 1 is 0.917 bits per heavy atom. The minimum atomic E-state index is -0.995. The van der Waals surface area contributed by atoms with E-state index in [2.05, 4.69) is 6.92 Å². The number of carboxylic acids is 1. The molecule has 1 atom stereocenters. The van der Waals surface area contributed by atoms with E-state index in [9.17, 15) is 15.0 Å². The van der Waals surface area contributed by atoms with E-state index in [4.69, 9.17) is 5.11 Å². The average Bonchev–Trinajstić information content (AvgIpc) is 2.54. The standard InChI is InChI=1S/C20H30O4/c1-2-3-8-13-18(21)14-9-4-5-10-15-19(22)16-11-6-7-12-17-20(23)24/h5-7,10-12,15-18,21-22H,2-4,8-9,13-14H2,1H3,(H,23,24). The van der Waals surface area contributed by atoms with E-state index in [1.165, 1.54) is 25.0 Å². The normalized spacial score (nSPS) is 14.5. The summed E-state index contributed by atoms with van der Waals surface area (Å²) < 4.78 is 0. The monoisotopic (exact) mass is 334 g/mol. The Balaban J connectivity index is 3.86. The maximum absolute atomic E-state index is 10.2. The highest BCUT2D eigenvalue weighted by molar-refractivity contribution is 5.80. The quantitative estimate of drug-likeness (QED) is 0.195. The Labute approximate surface area is 145 Å². The van der Waals surface area contributed by atoms with Gasteiger partial charge in [-0.3, -0.25) is 0 Å². The van der Waals surface area contributed by atoms with Crippen molar-refractivity contribution in [2.24, 2.45) is 0 Å². The summed E-state index contributed by atoms with van der Waals surface area (Å²) in [7, 11) is 0. The SMILES string of the molecule is CCCCCC(O)CCCC=CC=C(O)C=CC=CC=CC(=O)O. The van der Waals surface area contributed by atoms with Crippen molar-refractivity contribution in [3.63, 3.8) is 0 Å². The number of allylic oxidation sites excluding steroid dienone is 8. The molecule has 0 spiro atoms. The third-order valence-electron chi connectivity index (χ3n) is 3.29. The van der Waals surface area contributed by atoms with Gasteiger partial charge in [0.05, 0.1) is 6.10 Å². The van der Waals surface area contributed by atoms with Crippen molar-refractivity contribution in [2.45, 2.75) is 58.0 Å². The first kappa shape index (κ1) is 21.9. The van der Waals surface area contributed by atoms with E-state index in [-0.39, 0.29) is 11.9 Å². The number of carbonyl (C=O) groups is 1. The number of hydrogen-bond donors (Lipinski definition) is 3. The lowest BCUT2D eigenvalue weighted by Gasteiger charge is -2.08. The van der Waals surface area contributed by atoms with Crippen molar-refractivity contribution in [1.29, 1.82) is 0 Å². The molecule has 0 radical (unpaired) electrons. The summed E-state index contributed by atoms with van der Waals surface area (Å²) in [4.78, 5) is 10.2. The lowest BCUT2D eigenvalue weighted by molar-refractivity contribution is -0.131. The van der Waals surface area contributed by atoms with Gasteiger partial charge in [-0.2, -0.15) is 0 Å². The van der Waals surface area contributed by atoms with Crippen LogP contribution in [-0.2, 0) is 4.79 Å². The van der Waals surface area contributed by atoms with Crippen molar-refractivity contribution < 1.29 is 20.1 Å². The highest BCUT2D eigenvalue weighted by Gasteiger charge is 2.01. The molecule has 0 aromatic heterocycles. The number of aliphatic hydroxyl groups is 2. The summed E-state index contributed by atoms with van der Waals surface area (Å²) in [5.41, 5.74) is 0. The minimum Gasteiger partial charge on any atom is -0.508 e. The third-order valence-corrected chi connectivity index (χ3v) is 3.29. The first-order valence-electron chi connectivity index (χ1n) is 8.54. The van der Waals surface area contributed by atoms with Crippen molar-refractivity contribution in [3.8, 4) is 0 Å². The summed E-state index contributed by atoms with van der Waals surface area (Å²) in [6.45, 7) is 2.15. The molecule has 4 nitrogen and oxygen atoms in total. The lowest BCUT2D eigenvalue weighted by atomic mass is 10.1. The highest BCUT2D eigenvalue weighted by atomic mass is 16.4. The Bertz CT molecular complexity index is 470. The lowest BCUT2D eigenvalue weighted by Crippen LogP contribution is -2.05. The molecule has 0 aliphatic rings. The zero-order chi connectivity index (χ0) is 18.0. The predicted octanol–water partition coefficient (Wildman–Crippen LogP) is 4.85. The van der Waals surface area contributed by atoms with Crippen LogP contribution in [0.2, 0.25) is 0 Å². The van der Waals surface area contributed by atoms with Gasteiger partial charge in [-0.25, -0.2) is 4.79 Å². The topological polar surface area (TPSA) is 77.8 Å². The molecule has 0 fully saturated rings. The molecule has 0 amide bonds. The smallest absolute Gasteiger partial charge is 0.328 e. The van der Waals surface area contributed by atoms with Crippen LogP contribution in [0.3, 0.4) is 0 Å². The van der Waals surface area contributed by atoms with Crippen molar-refractivity contribution in [3.05, 3.63) is 60.4 Å². The molecule has 1 unspecified atom stereocenters. The zero-order valence-corrected chi connectivity index (χ0v) is 14.5. The van der Waals surface area contributed by atoms with Crippen LogP contribution in [0.25, 0.3) is 0 Å². The number of rotatable bonds is 13. The molecule has 0 aromatic rings. The van der Waals surface area contributed by atoms with Gasteiger partial charge in [-0.1, -0.05) is 62.6 Å². The predicted molar refractivity (Wildman–Crippen MR) is 98.9 cm³/mol. The maximum Gasteiger partial charge on any atom is 0.328 e. The molecule has 0 aromatic carbocycles. The van der Waals surface area contributed by atoms with Gasteiger partial charge < -0.3 is 15.3 Å². The Hall–Kier alpha value is -2.07. The number of aliphatic hydroxyl groups excluding tert-OH is 2. The fourth-order valence-electron chi connectivity index (χ4n) is 1.98. The second-order valence-electron chi connectivity index (χ2n) is 5.54. The average molecular weight is 334 g/mol. The van der Waals surface area contributed by atoms with Gasteiger partial charge >= 0.3 is 5.97 Å². The van der Waals surface area contributed by atoms with Gasteiger partial charge in [0.25, 0.3) is 0 Å². The summed E-state index contributed by atoms with van der Waals surface area (Å²) in [5.74, 6) is -0.872. The summed E-state index contributed by atoms with van der Waals surface area (Å²) in [6, 6.07) is 0. The van der Waals surface area contributed by atoms with Gasteiger partial charge in [0.2, 0.25) is 0 Å². The van der Waals surface area contributed by atoms with Crippen LogP contribution in [0.15, 0.2) is 60.4 Å². The second kappa shape index (κ2) is 15.8. The first-order valence-corrected chi connectivity index (χ1v) is 8.54. The molecule has 0 heterocycles. The van der Waals surface area contributed by atoms with Gasteiger partial charge in [0.15, 0.2) is 0 Å². The van der Waals surface area contributed by atoms with E-state index < -0.39 is 5.97 Å². The Morgan fingerprint density at radius 2 is 1.58 bits per heavy atom. The van der Waals surface area contributed by atoms with Crippen LogP contribution in [0, 0.1) is 0 Å². The zero-order valence-electron chi connectivity index (χ0n) is 14.5. The van der Waals surface area contributed by atoms with Crippen LogP contribution in [0.1, 0.15) is 51.9 Å². The summed E-state index contributed by atoms with van der Waals surface area (Å²) in [5, 5.41) is 27.8. The molecule has 0 saturated heterocycles. The van der Waals surface area contributed by atoms with Crippen molar-refractivity contribution in [2.75, 3.05) is 0 Å². The number of hydrogen-bond acceptors (Lipinski definition) is 3. The molecule has 3 N–H and O–H groups in total. The van der Waals surface area contributed by atoms with Crippen LogP contribution in [-0.4, -0.2) is 27.4 Å². The molecule has 134 valence electrons. The molecule has 24 heavy (non-hydrogen) atoms. The van der Waals surface area contributed by atoms with Gasteiger partial charge in [-0.05, 0) is 37.8 Å². The first-order chi connectivity index (χ1) is 11.6. The number of carboxylic acid groups (broad SMARTS) is 1. The Morgan fingerprint density at radius 3 is 2.25 bits per heavy atom. The molecule has 0 aliphatic heterocycles. The van der Waals surface area contributed by atoms with E-state index in [0.717, 1.165) is 38.2 Å². The third kappa shape index (κ3) is 16.3. The fourth-order valence-corrected chi connectivity index (χ4v) is 1.98. The number of unbranched alkanes of at least 4 members (excludes halogenated alkanes) is 3. The van der Waals surface area contributed by atoms with Crippen molar-refractivity contribution in [1.82, 2.24) is 0 Å². The highest BCUT2D eigenvalue weighted by Crippen LogP contribution is 2.09. The van der Waals surface area contributed by atoms with Gasteiger partial charge in [0, 0.05) is 6.08 Å². The molecule has 4 heteroatoms. The fraction of sp³-hybridized carbons (Fsp3) is 0.450. The van der Waals surface area contributed by atoms with Crippen LogP contribution in [0.4, 0.5) is 0 Å². The molecule has 0 bridgehead atoms. The van der Waals surface area contributed by atoms with E-state index in [0.29, 0.717) is 0 Å². The van der Waals surface area contributed by atoms with E-state index in [1.54, 1.807) is 30.4 Å².